The van der Waals surface area contributed by atoms with Gasteiger partial charge in [0.15, 0.2) is 6.04 Å². The molecule has 3 unspecified atom stereocenters. The zero-order valence-corrected chi connectivity index (χ0v) is 25.4. The summed E-state index contributed by atoms with van der Waals surface area (Å²) in [4.78, 5) is 51.1. The summed E-state index contributed by atoms with van der Waals surface area (Å²) in [5.41, 5.74) is 1.14. The number of β-lactam (4-membered cyclic amide) rings is 1. The predicted octanol–water partition coefficient (Wildman–Crippen LogP) is 3.61. The van der Waals surface area contributed by atoms with Crippen LogP contribution in [0.2, 0.25) is 0 Å². The molecule has 0 spiro atoms. The van der Waals surface area contributed by atoms with E-state index < -0.39 is 49.0 Å². The lowest BCUT2D eigenvalue weighted by atomic mass is 9.99. The van der Waals surface area contributed by atoms with E-state index in [0.29, 0.717) is 27.7 Å². The molecule has 1 aliphatic heterocycles. The second-order valence-electron chi connectivity index (χ2n) is 9.85. The van der Waals surface area contributed by atoms with Crippen LogP contribution < -0.4 is 10.1 Å². The quantitative estimate of drug-likeness (QED) is 0.0730. The van der Waals surface area contributed by atoms with Crippen LogP contribution in [0.25, 0.3) is 0 Å². The third kappa shape index (κ3) is 7.44. The molecular weight excluding hydrogens is 610 g/mol. The van der Waals surface area contributed by atoms with Crippen LogP contribution in [0.5, 0.6) is 5.75 Å². The van der Waals surface area contributed by atoms with Crippen molar-refractivity contribution in [3.63, 3.8) is 0 Å². The molecule has 12 nitrogen and oxygen atoms in total. The first-order chi connectivity index (χ1) is 20.9. The van der Waals surface area contributed by atoms with Crippen LogP contribution in [0.1, 0.15) is 18.1 Å². The molecule has 1 saturated heterocycles. The molecule has 2 amide bonds. The highest BCUT2D eigenvalue weighted by Gasteiger charge is 2.55. The number of nitrogens with one attached hydrogen (secondary N) is 1. The van der Waals surface area contributed by atoms with E-state index in [1.54, 1.807) is 42.5 Å². The van der Waals surface area contributed by atoms with Gasteiger partial charge < -0.3 is 19.7 Å². The number of likely N-dealkylation sites (tertiary alicyclic amines) is 1. The Morgan fingerprint density at radius 2 is 1.75 bits per heavy atom. The van der Waals surface area contributed by atoms with Gasteiger partial charge in [0.1, 0.15) is 23.8 Å². The van der Waals surface area contributed by atoms with E-state index in [1.165, 1.54) is 50.4 Å². The summed E-state index contributed by atoms with van der Waals surface area (Å²) in [6, 6.07) is 17.1. The molecule has 0 bridgehead atoms. The first-order valence-electron chi connectivity index (χ1n) is 13.2. The molecule has 3 atom stereocenters. The third-order valence-corrected chi connectivity index (χ3v) is 10.4. The highest BCUT2D eigenvalue weighted by molar-refractivity contribution is 8.72. The van der Waals surface area contributed by atoms with Gasteiger partial charge in [0.25, 0.3) is 5.69 Å². The van der Waals surface area contributed by atoms with Crippen molar-refractivity contribution in [3.05, 3.63) is 112 Å². The molecule has 1 fully saturated rings. The minimum Gasteiger partial charge on any atom is -0.497 e. The molecule has 4 rings (SSSR count). The number of benzene rings is 3. The number of hydrogen-bond donors (Lipinski definition) is 1. The molecule has 0 saturated carbocycles. The lowest BCUT2D eigenvalue weighted by Gasteiger charge is -2.49. The average Bonchev–Trinajstić information content (AvgIpc) is 3.01. The normalized spacial score (nSPS) is 16.8. The lowest BCUT2D eigenvalue weighted by Crippen LogP contribution is -2.73. The van der Waals surface area contributed by atoms with Gasteiger partial charge in [0.2, 0.25) is 20.7 Å². The Kier molecular flexibility index (Phi) is 10.1. The fraction of sp³-hybridized carbons (Fsp3) is 0.233. The first-order valence-corrected chi connectivity index (χ1v) is 16.1. The number of carbonyl (C=O) groups is 3. The molecule has 1 N–H and O–H groups in total. The van der Waals surface area contributed by atoms with Crippen molar-refractivity contribution < 1.29 is 37.2 Å². The van der Waals surface area contributed by atoms with Gasteiger partial charge in [-0.1, -0.05) is 36.9 Å². The van der Waals surface area contributed by atoms with Crippen molar-refractivity contribution in [1.29, 1.82) is 0 Å². The molecule has 3 aromatic rings. The lowest BCUT2D eigenvalue weighted by molar-refractivity contribution is -0.384. The number of non-ortho nitro benzene ring substituents is 1. The molecule has 1 aliphatic rings. The maximum absolute atomic E-state index is 13.5. The fourth-order valence-electron chi connectivity index (χ4n) is 4.46. The molecule has 230 valence electrons. The van der Waals surface area contributed by atoms with Gasteiger partial charge in [-0.2, -0.15) is 0 Å². The van der Waals surface area contributed by atoms with Crippen LogP contribution in [-0.2, 0) is 41.0 Å². The van der Waals surface area contributed by atoms with Crippen molar-refractivity contribution in [1.82, 2.24) is 10.2 Å². The van der Waals surface area contributed by atoms with Crippen LogP contribution in [0.15, 0.2) is 95.9 Å². The summed E-state index contributed by atoms with van der Waals surface area (Å²) < 4.78 is 37.3. The van der Waals surface area contributed by atoms with Gasteiger partial charge in [-0.3, -0.25) is 19.7 Å². The number of hydrogen-bond acceptors (Lipinski definition) is 10. The Hall–Kier alpha value is -4.69. The number of ether oxygens (including phenoxy) is 2. The van der Waals surface area contributed by atoms with Crippen LogP contribution in [0.4, 0.5) is 5.69 Å². The minimum atomic E-state index is -4.05. The Balaban J connectivity index is 1.56. The summed E-state index contributed by atoms with van der Waals surface area (Å²) in [5.74, 6) is -1.56. The zero-order valence-electron chi connectivity index (χ0n) is 23.7. The first kappa shape index (κ1) is 32.2. The smallest absolute Gasteiger partial charge is 0.333 e. The number of esters is 1. The van der Waals surface area contributed by atoms with E-state index >= 15 is 0 Å². The second kappa shape index (κ2) is 13.7. The number of carbonyl (C=O) groups excluding carboxylic acids is 3. The molecule has 3 aromatic carbocycles. The van der Waals surface area contributed by atoms with Crippen molar-refractivity contribution >= 4 is 43.1 Å². The van der Waals surface area contributed by atoms with Crippen molar-refractivity contribution in [2.75, 3.05) is 7.11 Å². The molecule has 0 aliphatic carbocycles. The number of rotatable bonds is 13. The Morgan fingerprint density at radius 3 is 2.36 bits per heavy atom. The summed E-state index contributed by atoms with van der Waals surface area (Å²) in [7, 11) is -2.13. The minimum absolute atomic E-state index is 0.0154. The zero-order chi connectivity index (χ0) is 32.0. The van der Waals surface area contributed by atoms with Crippen molar-refractivity contribution in [2.24, 2.45) is 0 Å². The molecule has 1 heterocycles. The fourth-order valence-corrected chi connectivity index (χ4v) is 7.99. The van der Waals surface area contributed by atoms with Crippen LogP contribution in [-0.4, -0.2) is 60.6 Å². The van der Waals surface area contributed by atoms with E-state index in [4.69, 9.17) is 9.47 Å². The monoisotopic (exact) mass is 639 g/mol. The largest absolute Gasteiger partial charge is 0.497 e. The van der Waals surface area contributed by atoms with E-state index in [2.05, 4.69) is 11.9 Å². The van der Waals surface area contributed by atoms with E-state index in [-0.39, 0.29) is 29.2 Å². The topological polar surface area (TPSA) is 162 Å². The Morgan fingerprint density at radius 1 is 1.07 bits per heavy atom. The number of amides is 2. The summed E-state index contributed by atoms with van der Waals surface area (Å²) in [6.45, 7) is 5.05. The van der Waals surface area contributed by atoms with Gasteiger partial charge in [-0.05, 0) is 60.0 Å². The molecule has 14 heteroatoms. The number of nitro groups is 1. The van der Waals surface area contributed by atoms with Gasteiger partial charge in [-0.25, -0.2) is 13.2 Å². The molecule has 0 radical (unpaired) electrons. The Bertz CT molecular complexity index is 1680. The SMILES string of the molecule is C=C(C)C(C(=O)OCc1ccc([N+](=O)[O-])cc1)N1C(=O)C(NC(=O)Cc2cccc(OC)c2)C1SS(=O)(=O)c1ccccc1. The van der Waals surface area contributed by atoms with Gasteiger partial charge in [0, 0.05) is 22.9 Å². The Labute approximate surface area is 257 Å². The van der Waals surface area contributed by atoms with E-state index in [9.17, 15) is 32.9 Å². The van der Waals surface area contributed by atoms with Crippen molar-refractivity contribution in [3.8, 4) is 5.75 Å². The van der Waals surface area contributed by atoms with Crippen LogP contribution >= 0.6 is 10.8 Å². The molecule has 0 aromatic heterocycles. The second-order valence-corrected chi connectivity index (χ2v) is 13.8. The van der Waals surface area contributed by atoms with Crippen LogP contribution in [0, 0.1) is 10.1 Å². The highest BCUT2D eigenvalue weighted by atomic mass is 33.1. The van der Waals surface area contributed by atoms with Crippen molar-refractivity contribution in [2.45, 2.75) is 42.3 Å². The summed E-state index contributed by atoms with van der Waals surface area (Å²) in [5, 5.41) is 12.3. The number of nitrogens with zero attached hydrogens (tertiary/aromatic N) is 2. The highest BCUT2D eigenvalue weighted by Crippen LogP contribution is 2.40. The third-order valence-electron chi connectivity index (χ3n) is 6.65. The molecule has 44 heavy (non-hydrogen) atoms. The standard InChI is InChI=1S/C30H29N3O9S2/c1-19(2)27(30(36)42-18-20-12-14-22(15-13-20)33(37)38)32-28(35)26(29(32)43-44(39,40)24-10-5-4-6-11-24)31-25(34)17-21-8-7-9-23(16-21)41-3/h4-16,26-27,29H,1,17-18H2,2-3H3,(H,31,34). The summed E-state index contributed by atoms with van der Waals surface area (Å²) in [6.07, 6.45) is -0.106. The van der Waals surface area contributed by atoms with Gasteiger partial charge in [-0.15, -0.1) is 0 Å². The molecular formula is C30H29N3O9S2. The number of nitro benzene ring substituents is 1. The van der Waals surface area contributed by atoms with E-state index in [1.807, 2.05) is 0 Å². The van der Waals surface area contributed by atoms with Crippen LogP contribution in [0.3, 0.4) is 0 Å². The summed E-state index contributed by atoms with van der Waals surface area (Å²) >= 11 is 0. The average molecular weight is 640 g/mol. The predicted molar refractivity (Wildman–Crippen MR) is 162 cm³/mol. The maximum Gasteiger partial charge on any atom is 0.333 e. The van der Waals surface area contributed by atoms with Gasteiger partial charge >= 0.3 is 5.97 Å². The number of methoxy groups -OCH3 is 1. The maximum atomic E-state index is 13.5. The van der Waals surface area contributed by atoms with E-state index in [0.717, 1.165) is 4.90 Å². The van der Waals surface area contributed by atoms with Gasteiger partial charge in [0.05, 0.1) is 23.3 Å².